The number of rotatable bonds is 4. The SMILES string of the molecule is O=C1[C@@H]2[C@H](C(=O)N1Cc1ccco1)[C@@H](c1ccccc1)C=C[C@@H]2c1ccccc1. The Bertz CT molecular complexity index is 973. The fourth-order valence-corrected chi connectivity index (χ4v) is 4.71. The summed E-state index contributed by atoms with van der Waals surface area (Å²) in [5, 5.41) is 0. The highest BCUT2D eigenvalue weighted by atomic mass is 16.3. The van der Waals surface area contributed by atoms with Gasteiger partial charge in [0.15, 0.2) is 0 Å². The van der Waals surface area contributed by atoms with Crippen LogP contribution >= 0.6 is 0 Å². The second kappa shape index (κ2) is 7.21. The Hall–Kier alpha value is -3.40. The molecule has 0 bridgehead atoms. The monoisotopic (exact) mass is 383 g/mol. The van der Waals surface area contributed by atoms with E-state index in [9.17, 15) is 9.59 Å². The summed E-state index contributed by atoms with van der Waals surface area (Å²) in [5.74, 6) is -0.652. The molecule has 2 aliphatic rings. The fraction of sp³-hybridized carbons (Fsp3) is 0.200. The van der Waals surface area contributed by atoms with Crippen LogP contribution in [0, 0.1) is 11.8 Å². The summed E-state index contributed by atoms with van der Waals surface area (Å²) in [6.45, 7) is 0.181. The predicted octanol–water partition coefficient (Wildman–Crippen LogP) is 4.52. The zero-order valence-corrected chi connectivity index (χ0v) is 15.8. The Balaban J connectivity index is 1.57. The van der Waals surface area contributed by atoms with Gasteiger partial charge in [-0.1, -0.05) is 72.8 Å². The van der Waals surface area contributed by atoms with Gasteiger partial charge in [0.25, 0.3) is 0 Å². The first-order valence-corrected chi connectivity index (χ1v) is 9.90. The molecule has 2 amide bonds. The third-order valence-electron chi connectivity index (χ3n) is 6.05. The van der Waals surface area contributed by atoms with Crippen LogP contribution in [0.3, 0.4) is 0 Å². The number of allylic oxidation sites excluding steroid dienone is 2. The zero-order chi connectivity index (χ0) is 19.8. The summed E-state index contributed by atoms with van der Waals surface area (Å²) in [6, 6.07) is 23.5. The molecule has 2 aromatic carbocycles. The summed E-state index contributed by atoms with van der Waals surface area (Å²) in [6.07, 6.45) is 5.78. The zero-order valence-electron chi connectivity index (χ0n) is 15.8. The molecule has 0 saturated carbocycles. The van der Waals surface area contributed by atoms with Crippen molar-refractivity contribution in [1.29, 1.82) is 0 Å². The standard InChI is InChI=1S/C25H21NO3/c27-24-22-20(17-8-3-1-4-9-17)13-14-21(18-10-5-2-6-11-18)23(22)25(28)26(24)16-19-12-7-15-29-19/h1-15,20-23H,16H2/t20-,21-,22-,23+/m1/s1. The van der Waals surface area contributed by atoms with Gasteiger partial charge in [-0.25, -0.2) is 0 Å². The maximum Gasteiger partial charge on any atom is 0.234 e. The number of hydrogen-bond acceptors (Lipinski definition) is 3. The highest BCUT2D eigenvalue weighted by molar-refractivity contribution is 6.06. The number of furan rings is 1. The number of carbonyl (C=O) groups is 2. The minimum atomic E-state index is -0.407. The molecule has 1 saturated heterocycles. The van der Waals surface area contributed by atoms with Crippen LogP contribution in [0.15, 0.2) is 95.6 Å². The van der Waals surface area contributed by atoms with Crippen molar-refractivity contribution >= 4 is 11.8 Å². The molecular formula is C25H21NO3. The molecule has 0 unspecified atom stereocenters. The van der Waals surface area contributed by atoms with Gasteiger partial charge in [-0.05, 0) is 23.3 Å². The largest absolute Gasteiger partial charge is 0.467 e. The smallest absolute Gasteiger partial charge is 0.234 e. The first-order valence-electron chi connectivity index (χ1n) is 9.90. The van der Waals surface area contributed by atoms with Crippen molar-refractivity contribution in [3.63, 3.8) is 0 Å². The van der Waals surface area contributed by atoms with Crippen LogP contribution in [-0.4, -0.2) is 16.7 Å². The molecule has 29 heavy (non-hydrogen) atoms. The third-order valence-corrected chi connectivity index (χ3v) is 6.05. The van der Waals surface area contributed by atoms with Crippen LogP contribution in [-0.2, 0) is 16.1 Å². The van der Waals surface area contributed by atoms with Crippen molar-refractivity contribution in [3.8, 4) is 0 Å². The number of likely N-dealkylation sites (tertiary alicyclic amines) is 1. The summed E-state index contributed by atoms with van der Waals surface area (Å²) >= 11 is 0. The topological polar surface area (TPSA) is 50.5 Å². The van der Waals surface area contributed by atoms with Crippen LogP contribution in [0.1, 0.15) is 28.7 Å². The van der Waals surface area contributed by atoms with Crippen LogP contribution in [0.2, 0.25) is 0 Å². The highest BCUT2D eigenvalue weighted by Gasteiger charge is 2.55. The molecule has 144 valence electrons. The highest BCUT2D eigenvalue weighted by Crippen LogP contribution is 2.49. The lowest BCUT2D eigenvalue weighted by Gasteiger charge is -2.32. The molecule has 0 N–H and O–H groups in total. The van der Waals surface area contributed by atoms with Gasteiger partial charge >= 0.3 is 0 Å². The summed E-state index contributed by atoms with van der Waals surface area (Å²) in [4.78, 5) is 28.3. The van der Waals surface area contributed by atoms with Gasteiger partial charge in [0.2, 0.25) is 11.8 Å². The molecule has 1 fully saturated rings. The Kier molecular flexibility index (Phi) is 4.39. The molecule has 2 heterocycles. The molecule has 5 rings (SSSR count). The predicted molar refractivity (Wildman–Crippen MR) is 109 cm³/mol. The van der Waals surface area contributed by atoms with Gasteiger partial charge in [-0.3, -0.25) is 14.5 Å². The van der Waals surface area contributed by atoms with E-state index in [4.69, 9.17) is 4.42 Å². The van der Waals surface area contributed by atoms with Gasteiger partial charge < -0.3 is 4.42 Å². The lowest BCUT2D eigenvalue weighted by atomic mass is 9.68. The van der Waals surface area contributed by atoms with E-state index in [1.54, 1.807) is 18.4 Å². The minimum absolute atomic E-state index is 0.112. The Morgan fingerprint density at radius 2 is 1.21 bits per heavy atom. The molecule has 3 aromatic rings. The van der Waals surface area contributed by atoms with Crippen molar-refractivity contribution in [3.05, 3.63) is 108 Å². The van der Waals surface area contributed by atoms with E-state index >= 15 is 0 Å². The third kappa shape index (κ3) is 3.01. The molecule has 4 atom stereocenters. The van der Waals surface area contributed by atoms with E-state index in [2.05, 4.69) is 12.2 Å². The maximum atomic E-state index is 13.5. The van der Waals surface area contributed by atoms with E-state index in [-0.39, 0.29) is 30.2 Å². The Labute approximate surface area is 169 Å². The number of hydrogen-bond donors (Lipinski definition) is 0. The maximum absolute atomic E-state index is 13.5. The van der Waals surface area contributed by atoms with Crippen LogP contribution in [0.25, 0.3) is 0 Å². The quantitative estimate of drug-likeness (QED) is 0.492. The fourth-order valence-electron chi connectivity index (χ4n) is 4.71. The Morgan fingerprint density at radius 3 is 1.66 bits per heavy atom. The van der Waals surface area contributed by atoms with Crippen molar-refractivity contribution in [2.75, 3.05) is 0 Å². The van der Waals surface area contributed by atoms with Gasteiger partial charge in [0, 0.05) is 11.8 Å². The molecule has 1 aromatic heterocycles. The van der Waals surface area contributed by atoms with Gasteiger partial charge in [-0.15, -0.1) is 0 Å². The first-order chi connectivity index (χ1) is 14.2. The molecule has 4 nitrogen and oxygen atoms in total. The second-order valence-corrected chi connectivity index (χ2v) is 7.65. The molecule has 4 heteroatoms. The molecular weight excluding hydrogens is 362 g/mol. The summed E-state index contributed by atoms with van der Waals surface area (Å²) < 4.78 is 5.41. The number of amides is 2. The van der Waals surface area contributed by atoms with Gasteiger partial charge in [0.05, 0.1) is 24.6 Å². The Morgan fingerprint density at radius 1 is 0.690 bits per heavy atom. The van der Waals surface area contributed by atoms with E-state index < -0.39 is 11.8 Å². The first kappa shape index (κ1) is 17.7. The number of fused-ring (bicyclic) bond motifs is 1. The number of imide groups is 1. The van der Waals surface area contributed by atoms with E-state index in [1.807, 2.05) is 60.7 Å². The summed E-state index contributed by atoms with van der Waals surface area (Å²) in [5.41, 5.74) is 2.12. The van der Waals surface area contributed by atoms with Crippen molar-refractivity contribution in [1.82, 2.24) is 4.90 Å². The van der Waals surface area contributed by atoms with Gasteiger partial charge in [-0.2, -0.15) is 0 Å². The number of nitrogens with zero attached hydrogens (tertiary/aromatic N) is 1. The minimum Gasteiger partial charge on any atom is -0.467 e. The van der Waals surface area contributed by atoms with E-state index in [0.717, 1.165) is 11.1 Å². The lowest BCUT2D eigenvalue weighted by Crippen LogP contribution is -2.31. The van der Waals surface area contributed by atoms with Crippen molar-refractivity contribution in [2.45, 2.75) is 18.4 Å². The second-order valence-electron chi connectivity index (χ2n) is 7.65. The van der Waals surface area contributed by atoms with Crippen LogP contribution < -0.4 is 0 Å². The average Bonchev–Trinajstić information content (AvgIpc) is 3.38. The summed E-state index contributed by atoms with van der Waals surface area (Å²) in [7, 11) is 0. The lowest BCUT2D eigenvalue weighted by molar-refractivity contribution is -0.141. The normalized spacial score (nSPS) is 26.0. The van der Waals surface area contributed by atoms with Crippen molar-refractivity contribution < 1.29 is 14.0 Å². The molecule has 0 spiro atoms. The van der Waals surface area contributed by atoms with Crippen LogP contribution in [0.5, 0.6) is 0 Å². The van der Waals surface area contributed by atoms with E-state index in [0.29, 0.717) is 5.76 Å². The number of benzene rings is 2. The van der Waals surface area contributed by atoms with Gasteiger partial charge in [0.1, 0.15) is 5.76 Å². The molecule has 0 radical (unpaired) electrons. The average molecular weight is 383 g/mol. The van der Waals surface area contributed by atoms with E-state index in [1.165, 1.54) is 4.90 Å². The van der Waals surface area contributed by atoms with Crippen LogP contribution in [0.4, 0.5) is 0 Å². The van der Waals surface area contributed by atoms with Crippen molar-refractivity contribution in [2.24, 2.45) is 11.8 Å². The molecule has 1 aliphatic carbocycles. The number of carbonyl (C=O) groups excluding carboxylic acids is 2. The molecule has 1 aliphatic heterocycles.